The summed E-state index contributed by atoms with van der Waals surface area (Å²) in [5.74, 6) is 0.364. The van der Waals surface area contributed by atoms with Crippen molar-refractivity contribution in [2.45, 2.75) is 19.2 Å². The maximum atomic E-state index is 12.5. The molecule has 1 aromatic rings. The normalized spacial score (nSPS) is 10.7. The number of halogens is 3. The van der Waals surface area contributed by atoms with Gasteiger partial charge in [0.15, 0.2) is 0 Å². The van der Waals surface area contributed by atoms with Crippen LogP contribution < -0.4 is 4.74 Å². The minimum atomic E-state index is -2.63. The van der Waals surface area contributed by atoms with E-state index < -0.39 is 6.43 Å². The molecule has 0 fully saturated rings. The van der Waals surface area contributed by atoms with Gasteiger partial charge in [0.1, 0.15) is 11.4 Å². The van der Waals surface area contributed by atoms with Crippen molar-refractivity contribution in [3.63, 3.8) is 0 Å². The SMILES string of the molecule is COc1c(C)cnc(C(F)F)c1CCl. The Labute approximate surface area is 85.9 Å². The average Bonchev–Trinajstić information content (AvgIpc) is 2.16. The topological polar surface area (TPSA) is 22.1 Å². The van der Waals surface area contributed by atoms with Gasteiger partial charge in [0.05, 0.1) is 13.0 Å². The highest BCUT2D eigenvalue weighted by atomic mass is 35.5. The molecule has 0 aliphatic carbocycles. The Morgan fingerprint density at radius 3 is 2.64 bits per heavy atom. The molecule has 0 spiro atoms. The van der Waals surface area contributed by atoms with Crippen molar-refractivity contribution in [2.24, 2.45) is 0 Å². The van der Waals surface area contributed by atoms with Crippen LogP contribution in [0.4, 0.5) is 8.78 Å². The number of nitrogens with zero attached hydrogens (tertiary/aromatic N) is 1. The lowest BCUT2D eigenvalue weighted by Gasteiger charge is -2.12. The summed E-state index contributed by atoms with van der Waals surface area (Å²) in [5.41, 5.74) is 0.666. The van der Waals surface area contributed by atoms with E-state index in [0.717, 1.165) is 0 Å². The summed E-state index contributed by atoms with van der Waals surface area (Å²) in [4.78, 5) is 3.64. The molecule has 1 heterocycles. The average molecular weight is 222 g/mol. The second-order valence-corrected chi connectivity index (χ2v) is 3.04. The van der Waals surface area contributed by atoms with Gasteiger partial charge in [0.25, 0.3) is 6.43 Å². The smallest absolute Gasteiger partial charge is 0.280 e. The van der Waals surface area contributed by atoms with E-state index in [0.29, 0.717) is 11.3 Å². The number of ether oxygens (including phenoxy) is 1. The van der Waals surface area contributed by atoms with E-state index in [-0.39, 0.29) is 17.1 Å². The number of methoxy groups -OCH3 is 1. The fourth-order valence-corrected chi connectivity index (χ4v) is 1.52. The summed E-state index contributed by atoms with van der Waals surface area (Å²) in [6.07, 6.45) is -1.27. The standard InChI is InChI=1S/C9H10ClF2NO/c1-5-4-13-7(9(11)12)6(3-10)8(5)14-2/h4,9H,3H2,1-2H3. The molecule has 0 amide bonds. The zero-order valence-electron chi connectivity index (χ0n) is 7.85. The molecule has 0 atom stereocenters. The lowest BCUT2D eigenvalue weighted by atomic mass is 10.1. The Morgan fingerprint density at radius 2 is 2.21 bits per heavy atom. The molecular weight excluding hydrogens is 212 g/mol. The van der Waals surface area contributed by atoms with E-state index in [4.69, 9.17) is 16.3 Å². The predicted octanol–water partition coefficient (Wildman–Crippen LogP) is 3.08. The highest BCUT2D eigenvalue weighted by Crippen LogP contribution is 2.31. The van der Waals surface area contributed by atoms with Crippen molar-refractivity contribution in [3.8, 4) is 5.75 Å². The molecule has 0 aliphatic rings. The lowest BCUT2D eigenvalue weighted by Crippen LogP contribution is -2.02. The van der Waals surface area contributed by atoms with Crippen LogP contribution in [0, 0.1) is 6.92 Å². The zero-order chi connectivity index (χ0) is 10.7. The van der Waals surface area contributed by atoms with Crippen LogP contribution in [0.15, 0.2) is 6.20 Å². The molecule has 2 nitrogen and oxygen atoms in total. The quantitative estimate of drug-likeness (QED) is 0.732. The third-order valence-corrected chi connectivity index (χ3v) is 2.15. The molecule has 0 saturated carbocycles. The number of aromatic nitrogens is 1. The first-order chi connectivity index (χ1) is 6.61. The summed E-state index contributed by atoms with van der Waals surface area (Å²) in [6.45, 7) is 1.73. The number of hydrogen-bond acceptors (Lipinski definition) is 2. The Bertz CT molecular complexity index is 331. The molecule has 1 aromatic heterocycles. The second-order valence-electron chi connectivity index (χ2n) is 2.77. The van der Waals surface area contributed by atoms with Crippen LogP contribution >= 0.6 is 11.6 Å². The zero-order valence-corrected chi connectivity index (χ0v) is 8.61. The van der Waals surface area contributed by atoms with Crippen molar-refractivity contribution in [1.82, 2.24) is 4.98 Å². The molecule has 78 valence electrons. The molecule has 0 aromatic carbocycles. The molecule has 5 heteroatoms. The van der Waals surface area contributed by atoms with Crippen LogP contribution in [0.3, 0.4) is 0 Å². The van der Waals surface area contributed by atoms with Crippen molar-refractivity contribution in [3.05, 3.63) is 23.0 Å². The van der Waals surface area contributed by atoms with Crippen LogP contribution in [-0.4, -0.2) is 12.1 Å². The Hall–Kier alpha value is -0.900. The van der Waals surface area contributed by atoms with Crippen LogP contribution in [0.25, 0.3) is 0 Å². The van der Waals surface area contributed by atoms with E-state index in [9.17, 15) is 8.78 Å². The minimum Gasteiger partial charge on any atom is -0.496 e. The maximum Gasteiger partial charge on any atom is 0.280 e. The first-order valence-corrected chi connectivity index (χ1v) is 4.51. The summed E-state index contributed by atoms with van der Waals surface area (Å²) in [5, 5.41) is 0. The molecule has 0 saturated heterocycles. The first-order valence-electron chi connectivity index (χ1n) is 3.98. The van der Waals surface area contributed by atoms with E-state index in [1.54, 1.807) is 6.92 Å². The van der Waals surface area contributed by atoms with Gasteiger partial charge in [0.2, 0.25) is 0 Å². The van der Waals surface area contributed by atoms with Gasteiger partial charge in [-0.3, -0.25) is 4.98 Å². The number of pyridine rings is 1. The van der Waals surface area contributed by atoms with Gasteiger partial charge in [-0.2, -0.15) is 0 Å². The van der Waals surface area contributed by atoms with Gasteiger partial charge in [-0.15, -0.1) is 11.6 Å². The fraction of sp³-hybridized carbons (Fsp3) is 0.444. The molecule has 0 aliphatic heterocycles. The van der Waals surface area contributed by atoms with E-state index in [2.05, 4.69) is 4.98 Å². The van der Waals surface area contributed by atoms with Gasteiger partial charge in [-0.25, -0.2) is 8.78 Å². The predicted molar refractivity (Wildman–Crippen MR) is 50.0 cm³/mol. The van der Waals surface area contributed by atoms with Crippen molar-refractivity contribution in [1.29, 1.82) is 0 Å². The molecule has 0 N–H and O–H groups in total. The van der Waals surface area contributed by atoms with Crippen LogP contribution in [0.5, 0.6) is 5.75 Å². The van der Waals surface area contributed by atoms with Crippen LogP contribution in [0.2, 0.25) is 0 Å². The summed E-state index contributed by atoms with van der Waals surface area (Å²) >= 11 is 5.58. The molecule has 14 heavy (non-hydrogen) atoms. The highest BCUT2D eigenvalue weighted by molar-refractivity contribution is 6.17. The summed E-state index contributed by atoms with van der Waals surface area (Å²) in [6, 6.07) is 0. The number of rotatable bonds is 3. The largest absolute Gasteiger partial charge is 0.496 e. The van der Waals surface area contributed by atoms with E-state index in [1.165, 1.54) is 13.3 Å². The summed E-state index contributed by atoms with van der Waals surface area (Å²) in [7, 11) is 1.42. The van der Waals surface area contributed by atoms with Crippen molar-refractivity contribution < 1.29 is 13.5 Å². The number of alkyl halides is 3. The Kier molecular flexibility index (Phi) is 3.63. The Balaban J connectivity index is 3.33. The third-order valence-electron chi connectivity index (χ3n) is 1.88. The van der Waals surface area contributed by atoms with Crippen molar-refractivity contribution >= 4 is 11.6 Å². The second kappa shape index (κ2) is 4.55. The monoisotopic (exact) mass is 221 g/mol. The molecule has 0 unspecified atom stereocenters. The Morgan fingerprint density at radius 1 is 1.57 bits per heavy atom. The van der Waals surface area contributed by atoms with Gasteiger partial charge < -0.3 is 4.74 Å². The van der Waals surface area contributed by atoms with Crippen molar-refractivity contribution in [2.75, 3.05) is 7.11 Å². The summed E-state index contributed by atoms with van der Waals surface area (Å²) < 4.78 is 30.0. The van der Waals surface area contributed by atoms with Gasteiger partial charge in [-0.1, -0.05) is 0 Å². The van der Waals surface area contributed by atoms with Gasteiger partial charge in [-0.05, 0) is 6.92 Å². The maximum absolute atomic E-state index is 12.5. The third kappa shape index (κ3) is 1.95. The highest BCUT2D eigenvalue weighted by Gasteiger charge is 2.19. The first kappa shape index (κ1) is 11.2. The lowest BCUT2D eigenvalue weighted by molar-refractivity contribution is 0.144. The minimum absolute atomic E-state index is 0.0302. The van der Waals surface area contributed by atoms with Gasteiger partial charge >= 0.3 is 0 Å². The number of aryl methyl sites for hydroxylation is 1. The van der Waals surface area contributed by atoms with E-state index in [1.807, 2.05) is 0 Å². The van der Waals surface area contributed by atoms with E-state index >= 15 is 0 Å². The molecule has 0 bridgehead atoms. The molecule has 1 rings (SSSR count). The molecule has 0 radical (unpaired) electrons. The fourth-order valence-electron chi connectivity index (χ4n) is 1.26. The number of hydrogen-bond donors (Lipinski definition) is 0. The van der Waals surface area contributed by atoms with Crippen LogP contribution in [0.1, 0.15) is 23.2 Å². The van der Waals surface area contributed by atoms with Gasteiger partial charge in [0, 0.05) is 17.3 Å². The molecular formula is C9H10ClF2NO. The van der Waals surface area contributed by atoms with Crippen LogP contribution in [-0.2, 0) is 5.88 Å².